The summed E-state index contributed by atoms with van der Waals surface area (Å²) in [5.74, 6) is 0. The van der Waals surface area contributed by atoms with Crippen molar-refractivity contribution < 1.29 is 0 Å². The molecule has 1 heterocycles. The van der Waals surface area contributed by atoms with E-state index in [0.29, 0.717) is 6.04 Å². The number of benzene rings is 1. The van der Waals surface area contributed by atoms with Crippen LogP contribution >= 0.6 is 15.9 Å². The van der Waals surface area contributed by atoms with Crippen LogP contribution in [0.2, 0.25) is 0 Å². The molecule has 1 aliphatic heterocycles. The number of nitrogens with zero attached hydrogens (tertiary/aromatic N) is 1. The van der Waals surface area contributed by atoms with Gasteiger partial charge in [-0.15, -0.1) is 0 Å². The second-order valence-electron chi connectivity index (χ2n) is 4.25. The largest absolute Gasteiger partial charge is 0.399 e. The van der Waals surface area contributed by atoms with Crippen molar-refractivity contribution in [2.24, 2.45) is 0 Å². The van der Waals surface area contributed by atoms with Gasteiger partial charge in [0.1, 0.15) is 0 Å². The molecule has 0 aromatic heterocycles. The van der Waals surface area contributed by atoms with E-state index >= 15 is 0 Å². The lowest BCUT2D eigenvalue weighted by molar-refractivity contribution is 0.484. The summed E-state index contributed by atoms with van der Waals surface area (Å²) < 4.78 is 1.11. The standard InChI is InChI=1S/C12H17BrN2/c1-9-4-2-3-7-15(9)12-6-5-10(14)8-11(12)13/h5-6,8-9H,2-4,7,14H2,1H3/t9-/m0/s1. The molecule has 2 N–H and O–H groups in total. The fourth-order valence-corrected chi connectivity index (χ4v) is 2.84. The molecule has 1 aromatic rings. The van der Waals surface area contributed by atoms with Gasteiger partial charge in [0.15, 0.2) is 0 Å². The van der Waals surface area contributed by atoms with Crippen LogP contribution in [0.3, 0.4) is 0 Å². The summed E-state index contributed by atoms with van der Waals surface area (Å²) in [5.41, 5.74) is 7.83. The minimum Gasteiger partial charge on any atom is -0.399 e. The average Bonchev–Trinajstić information content (AvgIpc) is 2.20. The molecule has 0 amide bonds. The Hall–Kier alpha value is -0.700. The minimum absolute atomic E-state index is 0.638. The third-order valence-corrected chi connectivity index (χ3v) is 3.72. The van der Waals surface area contributed by atoms with Gasteiger partial charge < -0.3 is 10.6 Å². The Balaban J connectivity index is 2.27. The molecule has 2 rings (SSSR count). The van der Waals surface area contributed by atoms with Crippen molar-refractivity contribution in [3.63, 3.8) is 0 Å². The van der Waals surface area contributed by atoms with Crippen LogP contribution in [0.1, 0.15) is 26.2 Å². The second kappa shape index (κ2) is 4.44. The van der Waals surface area contributed by atoms with E-state index in [-0.39, 0.29) is 0 Å². The second-order valence-corrected chi connectivity index (χ2v) is 5.10. The highest BCUT2D eigenvalue weighted by molar-refractivity contribution is 9.10. The number of hydrogen-bond donors (Lipinski definition) is 1. The summed E-state index contributed by atoms with van der Waals surface area (Å²) in [6, 6.07) is 6.71. The third kappa shape index (κ3) is 2.28. The van der Waals surface area contributed by atoms with E-state index in [1.807, 2.05) is 12.1 Å². The zero-order valence-corrected chi connectivity index (χ0v) is 10.6. The maximum Gasteiger partial charge on any atom is 0.0514 e. The lowest BCUT2D eigenvalue weighted by atomic mass is 10.0. The molecule has 82 valence electrons. The van der Waals surface area contributed by atoms with Gasteiger partial charge in [0, 0.05) is 22.7 Å². The van der Waals surface area contributed by atoms with E-state index in [1.54, 1.807) is 0 Å². The van der Waals surface area contributed by atoms with Crippen LogP contribution in [0, 0.1) is 0 Å². The van der Waals surface area contributed by atoms with Gasteiger partial charge >= 0.3 is 0 Å². The summed E-state index contributed by atoms with van der Waals surface area (Å²) in [6.07, 6.45) is 3.93. The highest BCUT2D eigenvalue weighted by Crippen LogP contribution is 2.32. The number of halogens is 1. The van der Waals surface area contributed by atoms with Crippen LogP contribution in [0.5, 0.6) is 0 Å². The topological polar surface area (TPSA) is 29.3 Å². The molecule has 1 fully saturated rings. The van der Waals surface area contributed by atoms with Crippen LogP contribution in [0.4, 0.5) is 11.4 Å². The number of rotatable bonds is 1. The monoisotopic (exact) mass is 268 g/mol. The predicted molar refractivity (Wildman–Crippen MR) is 69.2 cm³/mol. The Morgan fingerprint density at radius 1 is 1.40 bits per heavy atom. The van der Waals surface area contributed by atoms with E-state index in [1.165, 1.54) is 24.9 Å². The van der Waals surface area contributed by atoms with E-state index < -0.39 is 0 Å². The maximum atomic E-state index is 5.74. The van der Waals surface area contributed by atoms with Crippen LogP contribution < -0.4 is 10.6 Å². The summed E-state index contributed by atoms with van der Waals surface area (Å²) in [7, 11) is 0. The first-order chi connectivity index (χ1) is 7.18. The molecule has 3 heteroatoms. The molecular weight excluding hydrogens is 252 g/mol. The Morgan fingerprint density at radius 3 is 2.87 bits per heavy atom. The quantitative estimate of drug-likeness (QED) is 0.791. The molecule has 0 spiro atoms. The first kappa shape index (κ1) is 10.8. The van der Waals surface area contributed by atoms with Gasteiger partial charge in [-0.05, 0) is 60.3 Å². The van der Waals surface area contributed by atoms with E-state index in [9.17, 15) is 0 Å². The van der Waals surface area contributed by atoms with Gasteiger partial charge in [-0.3, -0.25) is 0 Å². The zero-order valence-electron chi connectivity index (χ0n) is 9.04. The van der Waals surface area contributed by atoms with Crippen molar-refractivity contribution in [2.45, 2.75) is 32.2 Å². The van der Waals surface area contributed by atoms with Crippen molar-refractivity contribution in [2.75, 3.05) is 17.2 Å². The van der Waals surface area contributed by atoms with Crippen molar-refractivity contribution >= 4 is 27.3 Å². The Kier molecular flexibility index (Phi) is 3.19. The highest BCUT2D eigenvalue weighted by Gasteiger charge is 2.20. The minimum atomic E-state index is 0.638. The lowest BCUT2D eigenvalue weighted by Crippen LogP contribution is -2.37. The molecule has 0 saturated carbocycles. The van der Waals surface area contributed by atoms with Crippen molar-refractivity contribution in [1.82, 2.24) is 0 Å². The summed E-state index contributed by atoms with van der Waals surface area (Å²) in [4.78, 5) is 2.47. The molecule has 1 aromatic carbocycles. The van der Waals surface area contributed by atoms with E-state index in [4.69, 9.17) is 5.73 Å². The molecule has 0 aliphatic carbocycles. The molecule has 0 radical (unpaired) electrons. The van der Waals surface area contributed by atoms with Crippen LogP contribution in [0.15, 0.2) is 22.7 Å². The average molecular weight is 269 g/mol. The zero-order chi connectivity index (χ0) is 10.8. The SMILES string of the molecule is C[C@H]1CCCCN1c1ccc(N)cc1Br. The Morgan fingerprint density at radius 2 is 2.20 bits per heavy atom. The maximum absolute atomic E-state index is 5.74. The Bertz CT molecular complexity index is 351. The normalized spacial score (nSPS) is 21.7. The van der Waals surface area contributed by atoms with Crippen molar-refractivity contribution in [1.29, 1.82) is 0 Å². The predicted octanol–water partition coefficient (Wildman–Crippen LogP) is 3.41. The number of nitrogens with two attached hydrogens (primary N) is 1. The Labute approximate surface area is 99.6 Å². The van der Waals surface area contributed by atoms with Crippen molar-refractivity contribution in [3.05, 3.63) is 22.7 Å². The molecule has 2 nitrogen and oxygen atoms in total. The van der Waals surface area contributed by atoms with Gasteiger partial charge in [0.25, 0.3) is 0 Å². The number of nitrogen functional groups attached to an aromatic ring is 1. The fraction of sp³-hybridized carbons (Fsp3) is 0.500. The van der Waals surface area contributed by atoms with Gasteiger partial charge in [-0.25, -0.2) is 0 Å². The summed E-state index contributed by atoms with van der Waals surface area (Å²) >= 11 is 3.59. The number of hydrogen-bond acceptors (Lipinski definition) is 2. The molecule has 0 bridgehead atoms. The van der Waals surface area contributed by atoms with Gasteiger partial charge in [0.05, 0.1) is 5.69 Å². The molecule has 1 atom stereocenters. The first-order valence-electron chi connectivity index (χ1n) is 5.50. The van der Waals surface area contributed by atoms with E-state index in [0.717, 1.165) is 16.7 Å². The molecular formula is C12H17BrN2. The summed E-state index contributed by atoms with van der Waals surface area (Å²) in [6.45, 7) is 3.45. The third-order valence-electron chi connectivity index (χ3n) is 3.08. The molecule has 1 saturated heterocycles. The molecule has 1 aliphatic rings. The van der Waals surface area contributed by atoms with Gasteiger partial charge in [-0.1, -0.05) is 0 Å². The van der Waals surface area contributed by atoms with Gasteiger partial charge in [0.2, 0.25) is 0 Å². The number of piperidine rings is 1. The van der Waals surface area contributed by atoms with Crippen LogP contribution in [0.25, 0.3) is 0 Å². The van der Waals surface area contributed by atoms with Crippen LogP contribution in [-0.4, -0.2) is 12.6 Å². The van der Waals surface area contributed by atoms with Crippen molar-refractivity contribution in [3.8, 4) is 0 Å². The van der Waals surface area contributed by atoms with Crippen LogP contribution in [-0.2, 0) is 0 Å². The summed E-state index contributed by atoms with van der Waals surface area (Å²) in [5, 5.41) is 0. The van der Waals surface area contributed by atoms with E-state index in [2.05, 4.69) is 33.8 Å². The molecule has 0 unspecified atom stereocenters. The highest BCUT2D eigenvalue weighted by atomic mass is 79.9. The smallest absolute Gasteiger partial charge is 0.0514 e. The molecule has 15 heavy (non-hydrogen) atoms. The van der Waals surface area contributed by atoms with Gasteiger partial charge in [-0.2, -0.15) is 0 Å². The lowest BCUT2D eigenvalue weighted by Gasteiger charge is -2.36. The number of anilines is 2. The fourth-order valence-electron chi connectivity index (χ4n) is 2.21. The first-order valence-corrected chi connectivity index (χ1v) is 6.29.